The third-order valence-corrected chi connectivity index (χ3v) is 0.568. The van der Waals surface area contributed by atoms with E-state index in [1.54, 1.807) is 0 Å². The summed E-state index contributed by atoms with van der Waals surface area (Å²) >= 11 is 5.21. The summed E-state index contributed by atoms with van der Waals surface area (Å²) in [6.45, 7) is 0. The van der Waals surface area contributed by atoms with Gasteiger partial charge in [-0.25, -0.2) is 4.98 Å². The van der Waals surface area contributed by atoms with Gasteiger partial charge in [-0.3, -0.25) is 0 Å². The van der Waals surface area contributed by atoms with Crippen molar-refractivity contribution in [2.24, 2.45) is 0 Å². The van der Waals surface area contributed by atoms with E-state index in [-0.39, 0.29) is 5.28 Å². The fourth-order valence-corrected chi connectivity index (χ4v) is 0.263. The van der Waals surface area contributed by atoms with Crippen LogP contribution < -0.4 is 0 Å². The Kier molecular flexibility index (Phi) is 1.12. The molecule has 0 fully saturated rings. The minimum Gasteiger partial charge on any atom is -0.203 e. The Morgan fingerprint density at radius 1 is 1.57 bits per heavy atom. The van der Waals surface area contributed by atoms with E-state index >= 15 is 0 Å². The lowest BCUT2D eigenvalue weighted by Crippen LogP contribution is -1.86. The summed E-state index contributed by atoms with van der Waals surface area (Å²) in [4.78, 5) is 3.46. The molecule has 1 rings (SSSR count). The van der Waals surface area contributed by atoms with E-state index in [0.29, 0.717) is 0 Å². The van der Waals surface area contributed by atoms with E-state index in [4.69, 9.17) is 11.6 Å². The van der Waals surface area contributed by atoms with Gasteiger partial charge in [-0.2, -0.15) is 0 Å². The second kappa shape index (κ2) is 1.79. The minimum absolute atomic E-state index is 0.120. The van der Waals surface area contributed by atoms with E-state index in [1.165, 1.54) is 6.33 Å². The Morgan fingerprint density at radius 2 is 2.43 bits per heavy atom. The molecule has 0 amide bonds. The molecule has 0 aliphatic rings. The number of aromatic nitrogens is 4. The normalized spacial score (nSPS) is 8.71. The van der Waals surface area contributed by atoms with Crippen LogP contribution in [0.3, 0.4) is 0 Å². The summed E-state index contributed by atoms with van der Waals surface area (Å²) in [6, 6.07) is 0. The average Bonchev–Trinajstić information content (AvgIpc) is 1.69. The summed E-state index contributed by atoms with van der Waals surface area (Å²) in [5.41, 5.74) is 0. The highest BCUT2D eigenvalue weighted by Gasteiger charge is 1.80. The number of nitrogens with zero attached hydrogens (tertiary/aromatic N) is 4. The molecule has 0 N–H and O–H groups in total. The molecule has 4 nitrogen and oxygen atoms in total. The second-order valence-electron chi connectivity index (χ2n) is 0.819. The Morgan fingerprint density at radius 3 is 2.71 bits per heavy atom. The zero-order valence-electron chi connectivity index (χ0n) is 3.24. The second-order valence-corrected chi connectivity index (χ2v) is 1.16. The zero-order chi connectivity index (χ0) is 5.11. The third kappa shape index (κ3) is 1.04. The van der Waals surface area contributed by atoms with Crippen LogP contribution in [0.15, 0.2) is 6.33 Å². The first kappa shape index (κ1) is 4.39. The van der Waals surface area contributed by atoms with E-state index in [2.05, 4.69) is 20.4 Å². The van der Waals surface area contributed by atoms with Crippen molar-refractivity contribution in [3.8, 4) is 0 Å². The van der Waals surface area contributed by atoms with Crippen LogP contribution in [0.1, 0.15) is 0 Å². The molecule has 1 heterocycles. The van der Waals surface area contributed by atoms with E-state index in [0.717, 1.165) is 0 Å². The largest absolute Gasteiger partial charge is 0.246 e. The maximum Gasteiger partial charge on any atom is 0.246 e. The molecule has 0 bridgehead atoms. The van der Waals surface area contributed by atoms with Gasteiger partial charge in [-0.15, -0.1) is 5.10 Å². The SMILES string of the molecule is Clc1ncnnn1. The van der Waals surface area contributed by atoms with E-state index in [1.807, 2.05) is 0 Å². The van der Waals surface area contributed by atoms with Crippen molar-refractivity contribution >= 4 is 11.6 Å². The van der Waals surface area contributed by atoms with Gasteiger partial charge in [0.15, 0.2) is 0 Å². The quantitative estimate of drug-likeness (QED) is 0.476. The average molecular weight is 117 g/mol. The van der Waals surface area contributed by atoms with Gasteiger partial charge in [0.05, 0.1) is 0 Å². The van der Waals surface area contributed by atoms with Crippen molar-refractivity contribution < 1.29 is 0 Å². The van der Waals surface area contributed by atoms with E-state index < -0.39 is 0 Å². The summed E-state index contributed by atoms with van der Waals surface area (Å²) in [5, 5.41) is 9.87. The monoisotopic (exact) mass is 116 g/mol. The molecule has 0 spiro atoms. The van der Waals surface area contributed by atoms with Crippen molar-refractivity contribution in [1.29, 1.82) is 0 Å². The topological polar surface area (TPSA) is 51.6 Å². The lowest BCUT2D eigenvalue weighted by atomic mass is 11.2. The molecule has 0 aliphatic heterocycles. The zero-order valence-corrected chi connectivity index (χ0v) is 4.00. The number of halogens is 1. The lowest BCUT2D eigenvalue weighted by molar-refractivity contribution is 0.818. The molecule has 0 unspecified atom stereocenters. The van der Waals surface area contributed by atoms with Gasteiger partial charge in [0.25, 0.3) is 0 Å². The maximum atomic E-state index is 5.21. The molecule has 0 saturated heterocycles. The van der Waals surface area contributed by atoms with Gasteiger partial charge in [0, 0.05) is 0 Å². The Bertz CT molecular complexity index is 140. The van der Waals surface area contributed by atoms with Gasteiger partial charge in [-0.1, -0.05) is 5.10 Å². The summed E-state index contributed by atoms with van der Waals surface area (Å²) in [5.74, 6) is 0. The summed E-state index contributed by atoms with van der Waals surface area (Å²) in [6.07, 6.45) is 1.23. The Balaban J connectivity index is 3.02. The first-order valence-corrected chi connectivity index (χ1v) is 1.93. The smallest absolute Gasteiger partial charge is 0.203 e. The van der Waals surface area contributed by atoms with Gasteiger partial charge in [-0.05, 0) is 16.8 Å². The van der Waals surface area contributed by atoms with Crippen LogP contribution >= 0.6 is 11.6 Å². The van der Waals surface area contributed by atoms with Gasteiger partial charge in [0.1, 0.15) is 6.33 Å². The molecule has 0 atom stereocenters. The first-order chi connectivity index (χ1) is 3.39. The number of rotatable bonds is 0. The highest BCUT2D eigenvalue weighted by molar-refractivity contribution is 6.28. The molecule has 5 heteroatoms. The van der Waals surface area contributed by atoms with Crippen molar-refractivity contribution in [3.05, 3.63) is 11.6 Å². The van der Waals surface area contributed by atoms with Crippen LogP contribution in [-0.4, -0.2) is 20.4 Å². The Hall–Kier alpha value is -0.770. The predicted octanol–water partition coefficient (Wildman–Crippen LogP) is -0.0800. The van der Waals surface area contributed by atoms with Crippen LogP contribution in [0.2, 0.25) is 5.28 Å². The lowest BCUT2D eigenvalue weighted by Gasteiger charge is -1.76. The fourth-order valence-electron chi connectivity index (χ4n) is 0.185. The maximum absolute atomic E-state index is 5.21. The van der Waals surface area contributed by atoms with Gasteiger partial charge in [0.2, 0.25) is 5.28 Å². The third-order valence-electron chi connectivity index (χ3n) is 0.395. The predicted molar refractivity (Wildman–Crippen MR) is 22.6 cm³/mol. The van der Waals surface area contributed by atoms with E-state index in [9.17, 15) is 0 Å². The molecular formula is C2HClN4. The molecule has 0 saturated carbocycles. The summed E-state index contributed by atoms with van der Waals surface area (Å²) in [7, 11) is 0. The molecule has 7 heavy (non-hydrogen) atoms. The minimum atomic E-state index is 0.120. The molecule has 0 aromatic carbocycles. The highest BCUT2D eigenvalue weighted by atomic mass is 35.5. The van der Waals surface area contributed by atoms with Crippen LogP contribution in [0, 0.1) is 0 Å². The molecule has 36 valence electrons. The molecule has 0 aliphatic carbocycles. The van der Waals surface area contributed by atoms with Crippen molar-refractivity contribution in [2.45, 2.75) is 0 Å². The van der Waals surface area contributed by atoms with Crippen LogP contribution in [0.25, 0.3) is 0 Å². The molecular weight excluding hydrogens is 116 g/mol. The Labute approximate surface area is 44.6 Å². The standard InChI is InChI=1S/C2HClN4/c3-2-4-1-5-7-6-2/h1H. The fraction of sp³-hybridized carbons (Fsp3) is 0. The van der Waals surface area contributed by atoms with Crippen LogP contribution in [-0.2, 0) is 0 Å². The van der Waals surface area contributed by atoms with Crippen molar-refractivity contribution in [1.82, 2.24) is 20.4 Å². The van der Waals surface area contributed by atoms with Gasteiger partial charge >= 0.3 is 0 Å². The number of hydrogen-bond donors (Lipinski definition) is 0. The molecule has 1 aromatic rings. The number of hydrogen-bond acceptors (Lipinski definition) is 4. The van der Waals surface area contributed by atoms with Crippen LogP contribution in [0.5, 0.6) is 0 Å². The first-order valence-electron chi connectivity index (χ1n) is 1.55. The van der Waals surface area contributed by atoms with Crippen LogP contribution in [0.4, 0.5) is 0 Å². The summed E-state index contributed by atoms with van der Waals surface area (Å²) < 4.78 is 0. The van der Waals surface area contributed by atoms with Crippen molar-refractivity contribution in [3.63, 3.8) is 0 Å². The molecule has 0 radical (unpaired) electrons. The van der Waals surface area contributed by atoms with Crippen molar-refractivity contribution in [2.75, 3.05) is 0 Å². The van der Waals surface area contributed by atoms with Gasteiger partial charge < -0.3 is 0 Å². The molecule has 1 aromatic heterocycles. The highest BCUT2D eigenvalue weighted by Crippen LogP contribution is 1.88.